The Morgan fingerprint density at radius 3 is 3.00 bits per heavy atom. The third kappa shape index (κ3) is 3.08. The lowest BCUT2D eigenvalue weighted by atomic mass is 10.1. The number of carboxylic acids is 1. The number of carbonyl (C=O) groups is 1. The fourth-order valence-electron chi connectivity index (χ4n) is 2.05. The molecular formula is C12H17NO5. The second kappa shape index (κ2) is 5.97. The molecule has 6 nitrogen and oxygen atoms in total. The van der Waals surface area contributed by atoms with Crippen molar-refractivity contribution >= 4 is 5.97 Å². The number of ether oxygens (including phenoxy) is 2. The van der Waals surface area contributed by atoms with Crippen LogP contribution in [-0.4, -0.2) is 35.9 Å². The van der Waals surface area contributed by atoms with E-state index in [9.17, 15) is 4.79 Å². The van der Waals surface area contributed by atoms with Crippen molar-refractivity contribution in [3.63, 3.8) is 0 Å². The minimum Gasteiger partial charge on any atom is -0.475 e. The highest BCUT2D eigenvalue weighted by Crippen LogP contribution is 2.19. The SMILES string of the molecule is COCc1nc(CC2CCCCO2)oc1C(=O)O. The van der Waals surface area contributed by atoms with Crippen LogP contribution < -0.4 is 0 Å². The van der Waals surface area contributed by atoms with Gasteiger partial charge in [-0.25, -0.2) is 9.78 Å². The first kappa shape index (κ1) is 13.0. The lowest BCUT2D eigenvalue weighted by molar-refractivity contribution is 0.0129. The molecule has 18 heavy (non-hydrogen) atoms. The highest BCUT2D eigenvalue weighted by molar-refractivity contribution is 5.85. The van der Waals surface area contributed by atoms with Crippen LogP contribution in [0.3, 0.4) is 0 Å². The fraction of sp³-hybridized carbons (Fsp3) is 0.667. The highest BCUT2D eigenvalue weighted by atomic mass is 16.5. The molecule has 0 radical (unpaired) electrons. The van der Waals surface area contributed by atoms with E-state index in [0.29, 0.717) is 18.0 Å². The fourth-order valence-corrected chi connectivity index (χ4v) is 2.05. The number of carboxylic acid groups (broad SMARTS) is 1. The Hall–Kier alpha value is -1.40. The van der Waals surface area contributed by atoms with Crippen LogP contribution in [0, 0.1) is 0 Å². The summed E-state index contributed by atoms with van der Waals surface area (Å²) in [7, 11) is 1.49. The zero-order valence-electron chi connectivity index (χ0n) is 10.3. The minimum atomic E-state index is -1.12. The van der Waals surface area contributed by atoms with Crippen molar-refractivity contribution in [2.75, 3.05) is 13.7 Å². The van der Waals surface area contributed by atoms with Crippen LogP contribution in [0.4, 0.5) is 0 Å². The molecule has 1 unspecified atom stereocenters. The van der Waals surface area contributed by atoms with E-state index in [2.05, 4.69) is 4.98 Å². The predicted octanol–water partition coefficient (Wildman–Crippen LogP) is 1.63. The van der Waals surface area contributed by atoms with Gasteiger partial charge in [-0.1, -0.05) is 0 Å². The van der Waals surface area contributed by atoms with Gasteiger partial charge in [0, 0.05) is 13.7 Å². The topological polar surface area (TPSA) is 81.8 Å². The van der Waals surface area contributed by atoms with Gasteiger partial charge in [-0.15, -0.1) is 0 Å². The summed E-state index contributed by atoms with van der Waals surface area (Å²) in [6.45, 7) is 0.888. The van der Waals surface area contributed by atoms with Gasteiger partial charge in [-0.3, -0.25) is 0 Å². The lowest BCUT2D eigenvalue weighted by Crippen LogP contribution is -2.21. The number of oxazole rings is 1. The molecule has 1 aromatic heterocycles. The normalized spacial score (nSPS) is 19.9. The van der Waals surface area contributed by atoms with Crippen molar-refractivity contribution < 1.29 is 23.8 Å². The van der Waals surface area contributed by atoms with E-state index < -0.39 is 5.97 Å². The Balaban J connectivity index is 2.07. The molecule has 2 rings (SSSR count). The number of hydrogen-bond acceptors (Lipinski definition) is 5. The zero-order valence-corrected chi connectivity index (χ0v) is 10.3. The largest absolute Gasteiger partial charge is 0.475 e. The van der Waals surface area contributed by atoms with Crippen molar-refractivity contribution in [3.05, 3.63) is 17.3 Å². The Bertz CT molecular complexity index is 409. The quantitative estimate of drug-likeness (QED) is 0.861. The summed E-state index contributed by atoms with van der Waals surface area (Å²) in [5, 5.41) is 8.99. The number of methoxy groups -OCH3 is 1. The number of aromatic carboxylic acids is 1. The molecule has 0 spiro atoms. The number of rotatable bonds is 5. The average molecular weight is 255 g/mol. The molecule has 2 heterocycles. The number of aromatic nitrogens is 1. The molecule has 0 aliphatic carbocycles. The van der Waals surface area contributed by atoms with E-state index in [1.54, 1.807) is 0 Å². The molecule has 0 saturated carbocycles. The van der Waals surface area contributed by atoms with E-state index in [1.807, 2.05) is 0 Å². The molecule has 1 aromatic rings. The second-order valence-electron chi connectivity index (χ2n) is 4.31. The molecule has 0 bridgehead atoms. The number of hydrogen-bond donors (Lipinski definition) is 1. The van der Waals surface area contributed by atoms with Gasteiger partial charge in [0.1, 0.15) is 5.69 Å². The van der Waals surface area contributed by atoms with Gasteiger partial charge in [-0.05, 0) is 19.3 Å². The average Bonchev–Trinajstić information content (AvgIpc) is 2.74. The summed E-state index contributed by atoms with van der Waals surface area (Å²) in [5.74, 6) is -0.848. The van der Waals surface area contributed by atoms with Crippen molar-refractivity contribution in [2.45, 2.75) is 38.4 Å². The summed E-state index contributed by atoms with van der Waals surface area (Å²) in [5.41, 5.74) is 0.329. The van der Waals surface area contributed by atoms with Gasteiger partial charge in [0.25, 0.3) is 0 Å². The van der Waals surface area contributed by atoms with Gasteiger partial charge in [0.2, 0.25) is 5.76 Å². The Morgan fingerprint density at radius 1 is 1.56 bits per heavy atom. The van der Waals surface area contributed by atoms with Gasteiger partial charge >= 0.3 is 5.97 Å². The number of nitrogens with zero attached hydrogens (tertiary/aromatic N) is 1. The van der Waals surface area contributed by atoms with E-state index in [4.69, 9.17) is 19.0 Å². The summed E-state index contributed by atoms with van der Waals surface area (Å²) < 4.78 is 15.7. The van der Waals surface area contributed by atoms with Gasteiger partial charge in [0.05, 0.1) is 19.1 Å². The molecular weight excluding hydrogens is 238 g/mol. The molecule has 1 aliphatic rings. The molecule has 1 saturated heterocycles. The monoisotopic (exact) mass is 255 g/mol. The van der Waals surface area contributed by atoms with E-state index in [1.165, 1.54) is 7.11 Å². The summed E-state index contributed by atoms with van der Waals surface area (Å²) in [6, 6.07) is 0. The van der Waals surface area contributed by atoms with Crippen LogP contribution in [-0.2, 0) is 22.5 Å². The third-order valence-corrected chi connectivity index (χ3v) is 2.89. The van der Waals surface area contributed by atoms with Crippen molar-refractivity contribution in [1.82, 2.24) is 4.98 Å². The van der Waals surface area contributed by atoms with Crippen molar-refractivity contribution in [1.29, 1.82) is 0 Å². The summed E-state index contributed by atoms with van der Waals surface area (Å²) in [6.07, 6.45) is 3.77. The first-order chi connectivity index (χ1) is 8.70. The van der Waals surface area contributed by atoms with Crippen LogP contribution in [0.2, 0.25) is 0 Å². The Labute approximate surface area is 105 Å². The molecule has 0 amide bonds. The molecule has 6 heteroatoms. The highest BCUT2D eigenvalue weighted by Gasteiger charge is 2.22. The maximum Gasteiger partial charge on any atom is 0.373 e. The lowest BCUT2D eigenvalue weighted by Gasteiger charge is -2.20. The zero-order chi connectivity index (χ0) is 13.0. The molecule has 1 aliphatic heterocycles. The van der Waals surface area contributed by atoms with E-state index >= 15 is 0 Å². The van der Waals surface area contributed by atoms with Crippen LogP contribution in [0.1, 0.15) is 41.4 Å². The van der Waals surface area contributed by atoms with Crippen LogP contribution in [0.15, 0.2) is 4.42 Å². The third-order valence-electron chi connectivity index (χ3n) is 2.89. The van der Waals surface area contributed by atoms with Gasteiger partial charge < -0.3 is 19.0 Å². The first-order valence-corrected chi connectivity index (χ1v) is 6.03. The Morgan fingerprint density at radius 2 is 2.39 bits per heavy atom. The second-order valence-corrected chi connectivity index (χ2v) is 4.31. The molecule has 100 valence electrons. The van der Waals surface area contributed by atoms with Crippen molar-refractivity contribution in [2.24, 2.45) is 0 Å². The molecule has 1 atom stereocenters. The molecule has 1 N–H and O–H groups in total. The molecule has 0 aromatic carbocycles. The standard InChI is InChI=1S/C12H17NO5/c1-16-7-9-11(12(14)15)18-10(13-9)6-8-4-2-3-5-17-8/h8H,2-7H2,1H3,(H,14,15). The summed E-state index contributed by atoms with van der Waals surface area (Å²) in [4.78, 5) is 15.1. The smallest absolute Gasteiger partial charge is 0.373 e. The Kier molecular flexibility index (Phi) is 4.33. The van der Waals surface area contributed by atoms with Gasteiger partial charge in [0.15, 0.2) is 5.89 Å². The van der Waals surface area contributed by atoms with Crippen LogP contribution in [0.25, 0.3) is 0 Å². The van der Waals surface area contributed by atoms with E-state index in [-0.39, 0.29) is 18.5 Å². The summed E-state index contributed by atoms with van der Waals surface area (Å²) >= 11 is 0. The van der Waals surface area contributed by atoms with E-state index in [0.717, 1.165) is 25.9 Å². The minimum absolute atomic E-state index is 0.0782. The van der Waals surface area contributed by atoms with Crippen molar-refractivity contribution in [3.8, 4) is 0 Å². The predicted molar refractivity (Wildman–Crippen MR) is 61.5 cm³/mol. The van der Waals surface area contributed by atoms with Crippen LogP contribution in [0.5, 0.6) is 0 Å². The van der Waals surface area contributed by atoms with Gasteiger partial charge in [-0.2, -0.15) is 0 Å². The first-order valence-electron chi connectivity index (χ1n) is 6.03. The maximum absolute atomic E-state index is 11.0. The maximum atomic E-state index is 11.0. The van der Waals surface area contributed by atoms with Crippen LogP contribution >= 0.6 is 0 Å². The molecule has 1 fully saturated rings.